The van der Waals surface area contributed by atoms with Gasteiger partial charge < -0.3 is 9.52 Å². The maximum atomic E-state index is 10.1. The summed E-state index contributed by atoms with van der Waals surface area (Å²) in [6.07, 6.45) is 4.43. The first-order chi connectivity index (χ1) is 8.81. The van der Waals surface area contributed by atoms with E-state index < -0.39 is 6.10 Å². The Morgan fingerprint density at radius 3 is 3.22 bits per heavy atom. The first-order valence-corrected chi connectivity index (χ1v) is 8.00. The fourth-order valence-corrected chi connectivity index (χ4v) is 3.29. The molecule has 0 aromatic carbocycles. The number of furan rings is 1. The third-order valence-electron chi connectivity index (χ3n) is 3.59. The zero-order valence-corrected chi connectivity index (χ0v) is 11.9. The van der Waals surface area contributed by atoms with Crippen LogP contribution in [0.4, 0.5) is 0 Å². The van der Waals surface area contributed by atoms with Crippen molar-refractivity contribution in [3.05, 3.63) is 24.2 Å². The third kappa shape index (κ3) is 3.77. The van der Waals surface area contributed by atoms with E-state index >= 15 is 0 Å². The van der Waals surface area contributed by atoms with Crippen LogP contribution in [0.3, 0.4) is 0 Å². The van der Waals surface area contributed by atoms with E-state index in [9.17, 15) is 5.11 Å². The third-order valence-corrected chi connectivity index (χ3v) is 4.47. The molecule has 1 aromatic heterocycles. The van der Waals surface area contributed by atoms with Gasteiger partial charge in [-0.05, 0) is 43.7 Å². The Bertz CT molecular complexity index is 329. The fourth-order valence-electron chi connectivity index (χ4n) is 2.64. The van der Waals surface area contributed by atoms with E-state index in [1.54, 1.807) is 6.26 Å². The van der Waals surface area contributed by atoms with Crippen molar-refractivity contribution in [1.29, 1.82) is 0 Å². The van der Waals surface area contributed by atoms with Crippen LogP contribution in [0.25, 0.3) is 0 Å². The SMILES string of the molecule is CCSCCN1CCCC1CC(O)c1ccco1. The molecule has 1 N–H and O–H groups in total. The first kappa shape index (κ1) is 14.0. The molecule has 102 valence electrons. The minimum absolute atomic E-state index is 0.454. The molecule has 0 aliphatic carbocycles. The zero-order valence-electron chi connectivity index (χ0n) is 11.0. The lowest BCUT2D eigenvalue weighted by Crippen LogP contribution is -2.32. The van der Waals surface area contributed by atoms with E-state index in [2.05, 4.69) is 11.8 Å². The van der Waals surface area contributed by atoms with Crippen LogP contribution >= 0.6 is 11.8 Å². The Morgan fingerprint density at radius 1 is 1.61 bits per heavy atom. The summed E-state index contributed by atoms with van der Waals surface area (Å²) < 4.78 is 5.27. The Kier molecular flexibility index (Phi) is 5.60. The summed E-state index contributed by atoms with van der Waals surface area (Å²) in [4.78, 5) is 2.52. The monoisotopic (exact) mass is 269 g/mol. The Labute approximate surface area is 114 Å². The molecule has 2 unspecified atom stereocenters. The van der Waals surface area contributed by atoms with Crippen LogP contribution in [0.15, 0.2) is 22.8 Å². The highest BCUT2D eigenvalue weighted by molar-refractivity contribution is 7.99. The van der Waals surface area contributed by atoms with E-state index in [1.807, 2.05) is 23.9 Å². The topological polar surface area (TPSA) is 36.6 Å². The molecule has 1 aliphatic rings. The predicted octanol–water partition coefficient (Wildman–Crippen LogP) is 2.92. The largest absolute Gasteiger partial charge is 0.467 e. The van der Waals surface area contributed by atoms with Gasteiger partial charge in [-0.2, -0.15) is 11.8 Å². The molecule has 0 bridgehead atoms. The number of hydrogen-bond acceptors (Lipinski definition) is 4. The minimum Gasteiger partial charge on any atom is -0.467 e. The maximum Gasteiger partial charge on any atom is 0.132 e. The van der Waals surface area contributed by atoms with Crippen LogP contribution in [-0.4, -0.2) is 40.6 Å². The summed E-state index contributed by atoms with van der Waals surface area (Å²) in [7, 11) is 0. The second-order valence-corrected chi connectivity index (χ2v) is 6.19. The fraction of sp³-hybridized carbons (Fsp3) is 0.714. The average Bonchev–Trinajstić information content (AvgIpc) is 3.01. The number of rotatable bonds is 7. The molecule has 18 heavy (non-hydrogen) atoms. The molecule has 0 saturated carbocycles. The lowest BCUT2D eigenvalue weighted by atomic mass is 10.1. The molecule has 3 nitrogen and oxygen atoms in total. The van der Waals surface area contributed by atoms with Gasteiger partial charge in [0.25, 0.3) is 0 Å². The normalized spacial score (nSPS) is 22.4. The lowest BCUT2D eigenvalue weighted by molar-refractivity contribution is 0.104. The summed E-state index contributed by atoms with van der Waals surface area (Å²) in [6, 6.07) is 4.21. The van der Waals surface area contributed by atoms with E-state index in [-0.39, 0.29) is 0 Å². The molecule has 1 fully saturated rings. The van der Waals surface area contributed by atoms with Crippen molar-refractivity contribution < 1.29 is 9.52 Å². The van der Waals surface area contributed by atoms with Gasteiger partial charge in [-0.25, -0.2) is 0 Å². The number of aliphatic hydroxyl groups is 1. The quantitative estimate of drug-likeness (QED) is 0.772. The van der Waals surface area contributed by atoms with Gasteiger partial charge in [-0.3, -0.25) is 4.90 Å². The number of aliphatic hydroxyl groups excluding tert-OH is 1. The molecule has 1 aliphatic heterocycles. The van der Waals surface area contributed by atoms with Crippen LogP contribution in [0.2, 0.25) is 0 Å². The molecule has 1 saturated heterocycles. The lowest BCUT2D eigenvalue weighted by Gasteiger charge is -2.25. The number of likely N-dealkylation sites (tertiary alicyclic amines) is 1. The van der Waals surface area contributed by atoms with Crippen molar-refractivity contribution >= 4 is 11.8 Å². The van der Waals surface area contributed by atoms with E-state index in [4.69, 9.17) is 4.42 Å². The van der Waals surface area contributed by atoms with Crippen LogP contribution in [0, 0.1) is 0 Å². The Morgan fingerprint density at radius 2 is 2.50 bits per heavy atom. The van der Waals surface area contributed by atoms with Gasteiger partial charge in [0.2, 0.25) is 0 Å². The highest BCUT2D eigenvalue weighted by Crippen LogP contribution is 2.27. The van der Waals surface area contributed by atoms with Gasteiger partial charge in [0, 0.05) is 18.3 Å². The van der Waals surface area contributed by atoms with Crippen LogP contribution < -0.4 is 0 Å². The molecule has 2 heterocycles. The van der Waals surface area contributed by atoms with Crippen LogP contribution in [0.5, 0.6) is 0 Å². The van der Waals surface area contributed by atoms with Crippen molar-refractivity contribution in [3.63, 3.8) is 0 Å². The molecular formula is C14H23NO2S. The second kappa shape index (κ2) is 7.22. The van der Waals surface area contributed by atoms with Crippen molar-refractivity contribution in [1.82, 2.24) is 4.90 Å². The molecule has 2 atom stereocenters. The highest BCUT2D eigenvalue weighted by atomic mass is 32.2. The summed E-state index contributed by atoms with van der Waals surface area (Å²) in [5.41, 5.74) is 0. The Balaban J connectivity index is 1.80. The van der Waals surface area contributed by atoms with Gasteiger partial charge in [0.15, 0.2) is 0 Å². The van der Waals surface area contributed by atoms with Crippen LogP contribution in [-0.2, 0) is 0 Å². The van der Waals surface area contributed by atoms with E-state index in [1.165, 1.54) is 30.9 Å². The van der Waals surface area contributed by atoms with Crippen molar-refractivity contribution in [2.24, 2.45) is 0 Å². The smallest absolute Gasteiger partial charge is 0.132 e. The van der Waals surface area contributed by atoms with Crippen molar-refractivity contribution in [3.8, 4) is 0 Å². The average molecular weight is 269 g/mol. The predicted molar refractivity (Wildman–Crippen MR) is 75.9 cm³/mol. The van der Waals surface area contributed by atoms with Gasteiger partial charge >= 0.3 is 0 Å². The summed E-state index contributed by atoms with van der Waals surface area (Å²) in [5.74, 6) is 3.09. The van der Waals surface area contributed by atoms with Gasteiger partial charge in [-0.15, -0.1) is 0 Å². The number of thioether (sulfide) groups is 1. The molecule has 1 aromatic rings. The molecule has 0 amide bonds. The molecule has 4 heteroatoms. The Hall–Kier alpha value is -0.450. The molecule has 0 radical (unpaired) electrons. The van der Waals surface area contributed by atoms with E-state index in [0.29, 0.717) is 11.8 Å². The molecule has 0 spiro atoms. The molecular weight excluding hydrogens is 246 g/mol. The first-order valence-electron chi connectivity index (χ1n) is 6.84. The summed E-state index contributed by atoms with van der Waals surface area (Å²) >= 11 is 1.99. The van der Waals surface area contributed by atoms with Gasteiger partial charge in [0.05, 0.1) is 6.26 Å². The number of hydrogen-bond donors (Lipinski definition) is 1. The van der Waals surface area contributed by atoms with Crippen LogP contribution in [0.1, 0.15) is 38.1 Å². The second-order valence-electron chi connectivity index (χ2n) is 4.80. The minimum atomic E-state index is -0.454. The molecule has 2 rings (SSSR count). The maximum absolute atomic E-state index is 10.1. The summed E-state index contributed by atoms with van der Waals surface area (Å²) in [5, 5.41) is 10.1. The van der Waals surface area contributed by atoms with Crippen molar-refractivity contribution in [2.45, 2.75) is 38.3 Å². The van der Waals surface area contributed by atoms with Gasteiger partial charge in [0.1, 0.15) is 11.9 Å². The summed E-state index contributed by atoms with van der Waals surface area (Å²) in [6.45, 7) is 4.53. The van der Waals surface area contributed by atoms with Crippen molar-refractivity contribution in [2.75, 3.05) is 24.6 Å². The zero-order chi connectivity index (χ0) is 12.8. The standard InChI is InChI=1S/C14H23NO2S/c1-2-18-10-8-15-7-3-5-12(15)11-13(16)14-6-4-9-17-14/h4,6,9,12-13,16H,2-3,5,7-8,10-11H2,1H3. The van der Waals surface area contributed by atoms with Gasteiger partial charge in [-0.1, -0.05) is 6.92 Å². The number of nitrogens with zero attached hydrogens (tertiary/aromatic N) is 1. The van der Waals surface area contributed by atoms with E-state index in [0.717, 1.165) is 13.0 Å². The highest BCUT2D eigenvalue weighted by Gasteiger charge is 2.27.